The number of carbonyl (C=O) groups is 4. The monoisotopic (exact) mass is 314 g/mol. The van der Waals surface area contributed by atoms with Gasteiger partial charge in [0.05, 0.1) is 12.5 Å². The largest absolute Gasteiger partial charge is 0.334 e. The summed E-state index contributed by atoms with van der Waals surface area (Å²) in [7, 11) is 0. The van der Waals surface area contributed by atoms with E-state index in [4.69, 9.17) is 5.26 Å². The maximum atomic E-state index is 11.9. The van der Waals surface area contributed by atoms with Crippen molar-refractivity contribution >= 4 is 29.4 Å². The van der Waals surface area contributed by atoms with Crippen molar-refractivity contribution in [3.05, 3.63) is 29.8 Å². The van der Waals surface area contributed by atoms with E-state index >= 15 is 0 Å². The van der Waals surface area contributed by atoms with E-state index in [-0.39, 0.29) is 13.0 Å². The summed E-state index contributed by atoms with van der Waals surface area (Å²) in [6.45, 7) is 1.11. The molecule has 23 heavy (non-hydrogen) atoms. The fraction of sp³-hybridized carbons (Fsp3) is 0.267. The summed E-state index contributed by atoms with van der Waals surface area (Å²) in [6, 6.07) is 7.82. The van der Waals surface area contributed by atoms with Crippen molar-refractivity contribution in [3.8, 4) is 6.07 Å². The van der Waals surface area contributed by atoms with Gasteiger partial charge in [-0.05, 0) is 24.6 Å². The lowest BCUT2D eigenvalue weighted by Gasteiger charge is -2.14. The maximum Gasteiger partial charge on any atom is 0.334 e. The van der Waals surface area contributed by atoms with Gasteiger partial charge in [0.1, 0.15) is 6.54 Å². The molecule has 0 aliphatic carbocycles. The number of nitriles is 1. The van der Waals surface area contributed by atoms with Crippen molar-refractivity contribution in [2.24, 2.45) is 0 Å². The van der Waals surface area contributed by atoms with Gasteiger partial charge >= 0.3 is 17.8 Å². The van der Waals surface area contributed by atoms with E-state index < -0.39 is 30.3 Å². The number of amides is 5. The highest BCUT2D eigenvalue weighted by atomic mass is 16.2. The van der Waals surface area contributed by atoms with Gasteiger partial charge in [0.2, 0.25) is 5.91 Å². The van der Waals surface area contributed by atoms with Gasteiger partial charge in [-0.15, -0.1) is 0 Å². The summed E-state index contributed by atoms with van der Waals surface area (Å²) in [4.78, 5) is 48.4. The SMILES string of the molecule is CCN1C(=O)C(=O)N(CC(=O)Nc2ccc(CC#N)cc2)C1=O. The van der Waals surface area contributed by atoms with Crippen LogP contribution in [0.1, 0.15) is 12.5 Å². The molecule has 1 aromatic rings. The van der Waals surface area contributed by atoms with Gasteiger partial charge in [0.25, 0.3) is 0 Å². The molecule has 0 saturated carbocycles. The predicted molar refractivity (Wildman–Crippen MR) is 78.9 cm³/mol. The second-order valence-corrected chi connectivity index (χ2v) is 4.80. The fourth-order valence-electron chi connectivity index (χ4n) is 2.11. The van der Waals surface area contributed by atoms with Crippen LogP contribution in [0.4, 0.5) is 10.5 Å². The predicted octanol–water partition coefficient (Wildman–Crippen LogP) is 0.502. The van der Waals surface area contributed by atoms with Gasteiger partial charge in [-0.3, -0.25) is 19.3 Å². The molecule has 0 aromatic heterocycles. The lowest BCUT2D eigenvalue weighted by molar-refractivity contribution is -0.143. The van der Waals surface area contributed by atoms with E-state index in [2.05, 4.69) is 5.32 Å². The van der Waals surface area contributed by atoms with Crippen molar-refractivity contribution in [2.45, 2.75) is 13.3 Å². The van der Waals surface area contributed by atoms with Crippen LogP contribution in [0, 0.1) is 11.3 Å². The molecule has 0 bridgehead atoms. The minimum atomic E-state index is -1.00. The number of nitrogens with one attached hydrogen (secondary N) is 1. The molecule has 0 spiro atoms. The molecule has 1 fully saturated rings. The van der Waals surface area contributed by atoms with Gasteiger partial charge in [-0.2, -0.15) is 5.26 Å². The zero-order valence-corrected chi connectivity index (χ0v) is 12.4. The highest BCUT2D eigenvalue weighted by molar-refractivity contribution is 6.45. The third kappa shape index (κ3) is 3.35. The Labute approximate surface area is 132 Å². The van der Waals surface area contributed by atoms with Crippen molar-refractivity contribution in [2.75, 3.05) is 18.4 Å². The number of anilines is 1. The van der Waals surface area contributed by atoms with E-state index in [9.17, 15) is 19.2 Å². The second kappa shape index (κ2) is 6.70. The third-order valence-corrected chi connectivity index (χ3v) is 3.27. The zero-order chi connectivity index (χ0) is 17.0. The molecule has 118 valence electrons. The average Bonchev–Trinajstić information content (AvgIpc) is 2.73. The number of rotatable bonds is 5. The van der Waals surface area contributed by atoms with Gasteiger partial charge in [0.15, 0.2) is 0 Å². The molecule has 1 aromatic carbocycles. The van der Waals surface area contributed by atoms with Crippen LogP contribution in [0.3, 0.4) is 0 Å². The lowest BCUT2D eigenvalue weighted by Crippen LogP contribution is -2.38. The van der Waals surface area contributed by atoms with E-state index in [1.165, 1.54) is 0 Å². The highest BCUT2D eigenvalue weighted by Gasteiger charge is 2.44. The smallest absolute Gasteiger partial charge is 0.325 e. The first kappa shape index (κ1) is 16.2. The Bertz CT molecular complexity index is 705. The number of urea groups is 1. The summed E-state index contributed by atoms with van der Waals surface area (Å²) in [6.07, 6.45) is 0.264. The minimum Gasteiger partial charge on any atom is -0.325 e. The summed E-state index contributed by atoms with van der Waals surface area (Å²) in [5, 5.41) is 11.1. The van der Waals surface area contributed by atoms with Crippen molar-refractivity contribution < 1.29 is 19.2 Å². The molecule has 5 amide bonds. The zero-order valence-electron chi connectivity index (χ0n) is 12.4. The molecular weight excluding hydrogens is 300 g/mol. The molecule has 0 atom stereocenters. The van der Waals surface area contributed by atoms with Gasteiger partial charge in [-0.1, -0.05) is 12.1 Å². The van der Waals surface area contributed by atoms with Crippen molar-refractivity contribution in [3.63, 3.8) is 0 Å². The van der Waals surface area contributed by atoms with Crippen LogP contribution in [0.5, 0.6) is 0 Å². The summed E-state index contributed by atoms with van der Waals surface area (Å²) in [5.74, 6) is -2.52. The summed E-state index contributed by atoms with van der Waals surface area (Å²) >= 11 is 0. The Kier molecular flexibility index (Phi) is 4.71. The van der Waals surface area contributed by atoms with Crippen LogP contribution < -0.4 is 5.32 Å². The molecule has 1 aliphatic heterocycles. The molecule has 1 saturated heterocycles. The number of hydrogen-bond donors (Lipinski definition) is 1. The topological polar surface area (TPSA) is 111 Å². The molecule has 1 aliphatic rings. The molecular formula is C15H14N4O4. The Morgan fingerprint density at radius 2 is 1.74 bits per heavy atom. The van der Waals surface area contributed by atoms with E-state index in [0.717, 1.165) is 10.5 Å². The molecule has 2 rings (SSSR count). The van der Waals surface area contributed by atoms with Gasteiger partial charge in [0, 0.05) is 12.2 Å². The first-order valence-electron chi connectivity index (χ1n) is 6.91. The van der Waals surface area contributed by atoms with Crippen LogP contribution in [0.25, 0.3) is 0 Å². The summed E-state index contributed by atoms with van der Waals surface area (Å²) < 4.78 is 0. The van der Waals surface area contributed by atoms with E-state index in [0.29, 0.717) is 10.6 Å². The Morgan fingerprint density at radius 1 is 1.13 bits per heavy atom. The average molecular weight is 314 g/mol. The Hall–Kier alpha value is -3.21. The number of hydrogen-bond acceptors (Lipinski definition) is 5. The first-order valence-corrected chi connectivity index (χ1v) is 6.91. The molecule has 8 nitrogen and oxygen atoms in total. The fourth-order valence-corrected chi connectivity index (χ4v) is 2.11. The Balaban J connectivity index is 2.00. The Morgan fingerprint density at radius 3 is 2.26 bits per heavy atom. The minimum absolute atomic E-state index is 0.0713. The van der Waals surface area contributed by atoms with Crippen molar-refractivity contribution in [1.29, 1.82) is 5.26 Å². The van der Waals surface area contributed by atoms with Crippen molar-refractivity contribution in [1.82, 2.24) is 9.80 Å². The van der Waals surface area contributed by atoms with Crippen LogP contribution in [-0.4, -0.2) is 46.6 Å². The number of imide groups is 2. The third-order valence-electron chi connectivity index (χ3n) is 3.27. The molecule has 0 radical (unpaired) electrons. The highest BCUT2D eigenvalue weighted by Crippen LogP contribution is 2.13. The first-order chi connectivity index (χ1) is 11.0. The lowest BCUT2D eigenvalue weighted by atomic mass is 10.1. The second-order valence-electron chi connectivity index (χ2n) is 4.80. The summed E-state index contributed by atoms with van der Waals surface area (Å²) in [5.41, 5.74) is 1.27. The standard InChI is InChI=1S/C15H14N4O4/c1-2-18-13(21)14(22)19(15(18)23)9-12(20)17-11-5-3-10(4-6-11)7-8-16/h3-6H,2,7,9H2,1H3,(H,17,20). The van der Waals surface area contributed by atoms with E-state index in [1.807, 2.05) is 6.07 Å². The maximum absolute atomic E-state index is 11.9. The van der Waals surface area contributed by atoms with Gasteiger partial charge in [-0.25, -0.2) is 9.69 Å². The van der Waals surface area contributed by atoms with Crippen LogP contribution >= 0.6 is 0 Å². The molecule has 1 heterocycles. The van der Waals surface area contributed by atoms with E-state index in [1.54, 1.807) is 31.2 Å². The van der Waals surface area contributed by atoms with Crippen LogP contribution in [0.2, 0.25) is 0 Å². The number of carbonyl (C=O) groups excluding carboxylic acids is 4. The van der Waals surface area contributed by atoms with Crippen LogP contribution in [0.15, 0.2) is 24.3 Å². The van der Waals surface area contributed by atoms with Crippen LogP contribution in [-0.2, 0) is 20.8 Å². The molecule has 8 heteroatoms. The molecule has 0 unspecified atom stereocenters. The quantitative estimate of drug-likeness (QED) is 0.628. The number of likely N-dealkylation sites (N-methyl/N-ethyl adjacent to an activating group) is 1. The molecule has 1 N–H and O–H groups in total. The number of nitrogens with zero attached hydrogens (tertiary/aromatic N) is 3. The van der Waals surface area contributed by atoms with Gasteiger partial charge < -0.3 is 5.32 Å². The normalized spacial score (nSPS) is 14.2. The number of benzene rings is 1.